The first-order valence-corrected chi connectivity index (χ1v) is 5.68. The largest absolute Gasteiger partial charge is 0.465 e. The van der Waals surface area contributed by atoms with Crippen molar-refractivity contribution in [1.82, 2.24) is 0 Å². The number of esters is 1. The summed E-state index contributed by atoms with van der Waals surface area (Å²) in [7, 11) is -3.37. The number of carbonyl (C=O) groups is 1. The van der Waals surface area contributed by atoms with E-state index in [0.717, 1.165) is 6.08 Å². The second-order valence-corrected chi connectivity index (χ2v) is 4.12. The molecule has 16 heavy (non-hydrogen) atoms. The van der Waals surface area contributed by atoms with Crippen molar-refractivity contribution in [3.8, 4) is 0 Å². The fraction of sp³-hybridized carbons (Fsp3) is 0.100. The molecule has 1 rings (SSSR count). The van der Waals surface area contributed by atoms with Gasteiger partial charge in [-0.25, -0.2) is 4.79 Å². The maximum Gasteiger partial charge on any atom is 0.337 e. The van der Waals surface area contributed by atoms with Gasteiger partial charge < -0.3 is 4.74 Å². The highest BCUT2D eigenvalue weighted by atomic mass is 32.3. The van der Waals surface area contributed by atoms with Crippen LogP contribution >= 0.6 is 0 Å². The van der Waals surface area contributed by atoms with Crippen LogP contribution in [0.2, 0.25) is 0 Å². The van der Waals surface area contributed by atoms with Crippen molar-refractivity contribution >= 4 is 22.3 Å². The first-order chi connectivity index (χ1) is 7.42. The minimum atomic E-state index is -4.63. The summed E-state index contributed by atoms with van der Waals surface area (Å²) < 4.78 is 37.0. The molecule has 0 aromatic heterocycles. The smallest absolute Gasteiger partial charge is 0.337 e. The summed E-state index contributed by atoms with van der Waals surface area (Å²) in [6, 6.07) is 5.87. The van der Waals surface area contributed by atoms with E-state index in [2.05, 4.69) is 4.74 Å². The van der Waals surface area contributed by atoms with Crippen molar-refractivity contribution in [2.24, 2.45) is 0 Å². The van der Waals surface area contributed by atoms with E-state index < -0.39 is 16.2 Å². The Bertz CT molecular complexity index is 502. The van der Waals surface area contributed by atoms with Crippen molar-refractivity contribution in [3.05, 3.63) is 40.8 Å². The number of hydrogen-bond acceptors (Lipinski definition) is 4. The molecule has 0 aliphatic carbocycles. The molecule has 0 spiro atoms. The molecule has 1 aromatic rings. The normalized spacial score (nSPS) is 11.6. The molecule has 0 fully saturated rings. The zero-order valence-electron chi connectivity index (χ0n) is 8.38. The lowest BCUT2D eigenvalue weighted by Crippen LogP contribution is -2.00. The van der Waals surface area contributed by atoms with E-state index in [1.165, 1.54) is 31.4 Å². The maximum absolute atomic E-state index is 12.1. The van der Waals surface area contributed by atoms with Crippen molar-refractivity contribution in [1.29, 1.82) is 0 Å². The minimum absolute atomic E-state index is 0.336. The second kappa shape index (κ2) is 4.89. The Hall–Kier alpha value is -1.69. The number of rotatable bonds is 3. The van der Waals surface area contributed by atoms with Crippen LogP contribution in [-0.2, 0) is 15.0 Å². The van der Waals surface area contributed by atoms with Gasteiger partial charge in [0.25, 0.3) is 0 Å². The fourth-order valence-electron chi connectivity index (χ4n) is 1.01. The molecular formula is C10H9FO4S. The summed E-state index contributed by atoms with van der Waals surface area (Å²) in [5.41, 5.74) is 0.802. The van der Waals surface area contributed by atoms with Crippen LogP contribution in [0.25, 0.3) is 6.08 Å². The molecule has 0 radical (unpaired) electrons. The van der Waals surface area contributed by atoms with Gasteiger partial charge >= 0.3 is 16.2 Å². The van der Waals surface area contributed by atoms with Gasteiger partial charge in [-0.15, -0.1) is 3.89 Å². The number of halogens is 1. The van der Waals surface area contributed by atoms with Gasteiger partial charge in [0, 0.05) is 0 Å². The monoisotopic (exact) mass is 244 g/mol. The Morgan fingerprint density at radius 1 is 1.31 bits per heavy atom. The van der Waals surface area contributed by atoms with Crippen LogP contribution in [0.5, 0.6) is 0 Å². The molecule has 0 N–H and O–H groups in total. The maximum atomic E-state index is 12.1. The number of hydrogen-bond donors (Lipinski definition) is 0. The SMILES string of the molecule is COC(=O)c1ccc(/C=C/S(=O)(=O)F)cc1. The lowest BCUT2D eigenvalue weighted by Gasteiger charge is -1.98. The third kappa shape index (κ3) is 3.82. The Labute approximate surface area is 92.6 Å². The Morgan fingerprint density at radius 2 is 1.88 bits per heavy atom. The predicted octanol–water partition coefficient (Wildman–Crippen LogP) is 1.74. The quantitative estimate of drug-likeness (QED) is 0.600. The third-order valence-electron chi connectivity index (χ3n) is 1.75. The van der Waals surface area contributed by atoms with E-state index in [0.29, 0.717) is 16.5 Å². The van der Waals surface area contributed by atoms with Gasteiger partial charge in [0.05, 0.1) is 18.1 Å². The molecule has 0 atom stereocenters. The van der Waals surface area contributed by atoms with E-state index in [1.807, 2.05) is 0 Å². The van der Waals surface area contributed by atoms with Crippen molar-refractivity contribution < 1.29 is 21.8 Å². The average molecular weight is 244 g/mol. The molecule has 0 aliphatic rings. The Morgan fingerprint density at radius 3 is 2.31 bits per heavy atom. The zero-order valence-corrected chi connectivity index (χ0v) is 9.20. The van der Waals surface area contributed by atoms with E-state index in [1.54, 1.807) is 0 Å². The van der Waals surface area contributed by atoms with Gasteiger partial charge in [0.15, 0.2) is 0 Å². The highest BCUT2D eigenvalue weighted by Gasteiger charge is 2.04. The second-order valence-electron chi connectivity index (χ2n) is 2.89. The van der Waals surface area contributed by atoms with Gasteiger partial charge in [-0.05, 0) is 23.8 Å². The molecule has 6 heteroatoms. The van der Waals surface area contributed by atoms with Crippen molar-refractivity contribution in [2.75, 3.05) is 7.11 Å². The molecule has 0 bridgehead atoms. The van der Waals surface area contributed by atoms with Crippen LogP contribution in [-0.4, -0.2) is 21.5 Å². The van der Waals surface area contributed by atoms with Crippen LogP contribution in [0.4, 0.5) is 3.89 Å². The molecule has 4 nitrogen and oxygen atoms in total. The zero-order chi connectivity index (χ0) is 12.2. The number of benzene rings is 1. The third-order valence-corrected chi connectivity index (χ3v) is 2.22. The summed E-state index contributed by atoms with van der Waals surface area (Å²) in [4.78, 5) is 11.0. The standard InChI is InChI=1S/C10H9FO4S/c1-15-10(12)9-4-2-8(3-5-9)6-7-16(11,13)14/h2-7H,1H3/b7-6+. The predicted molar refractivity (Wildman–Crippen MR) is 56.8 cm³/mol. The Balaban J connectivity index is 2.88. The first kappa shape index (κ1) is 12.4. The van der Waals surface area contributed by atoms with E-state index in [9.17, 15) is 17.1 Å². The van der Waals surface area contributed by atoms with Gasteiger partial charge in [0.2, 0.25) is 0 Å². The van der Waals surface area contributed by atoms with Gasteiger partial charge in [-0.1, -0.05) is 12.1 Å². The summed E-state index contributed by atoms with van der Waals surface area (Å²) in [6.45, 7) is 0. The summed E-state index contributed by atoms with van der Waals surface area (Å²) in [6.07, 6.45) is 1.09. The molecule has 0 aliphatic heterocycles. The number of ether oxygens (including phenoxy) is 1. The highest BCUT2D eigenvalue weighted by Crippen LogP contribution is 2.08. The number of carbonyl (C=O) groups excluding carboxylic acids is 1. The summed E-state index contributed by atoms with van der Waals surface area (Å²) in [5.74, 6) is -0.492. The van der Waals surface area contributed by atoms with E-state index >= 15 is 0 Å². The minimum Gasteiger partial charge on any atom is -0.465 e. The van der Waals surface area contributed by atoms with Crippen LogP contribution in [0.3, 0.4) is 0 Å². The van der Waals surface area contributed by atoms with Crippen molar-refractivity contribution in [2.45, 2.75) is 0 Å². The van der Waals surface area contributed by atoms with E-state index in [-0.39, 0.29) is 0 Å². The highest BCUT2D eigenvalue weighted by molar-refractivity contribution is 7.89. The van der Waals surface area contributed by atoms with Crippen LogP contribution in [0, 0.1) is 0 Å². The van der Waals surface area contributed by atoms with Gasteiger partial charge in [-0.3, -0.25) is 0 Å². The molecule has 0 amide bonds. The van der Waals surface area contributed by atoms with Crippen LogP contribution in [0.1, 0.15) is 15.9 Å². The Kier molecular flexibility index (Phi) is 3.78. The molecule has 0 saturated heterocycles. The van der Waals surface area contributed by atoms with Crippen LogP contribution in [0.15, 0.2) is 29.7 Å². The fourth-order valence-corrected chi connectivity index (χ4v) is 1.33. The molecule has 0 saturated carbocycles. The van der Waals surface area contributed by atoms with Gasteiger partial charge in [0.1, 0.15) is 0 Å². The lowest BCUT2D eigenvalue weighted by molar-refractivity contribution is 0.0600. The van der Waals surface area contributed by atoms with Crippen LogP contribution < -0.4 is 0 Å². The molecule has 0 unspecified atom stereocenters. The molecular weight excluding hydrogens is 235 g/mol. The van der Waals surface area contributed by atoms with E-state index in [4.69, 9.17) is 0 Å². The summed E-state index contributed by atoms with van der Waals surface area (Å²) in [5, 5.41) is 0.445. The van der Waals surface area contributed by atoms with Crippen molar-refractivity contribution in [3.63, 3.8) is 0 Å². The molecule has 86 valence electrons. The summed E-state index contributed by atoms with van der Waals surface area (Å²) >= 11 is 0. The molecule has 1 aromatic carbocycles. The number of methoxy groups -OCH3 is 1. The topological polar surface area (TPSA) is 60.4 Å². The average Bonchev–Trinajstić information content (AvgIpc) is 2.25. The first-order valence-electron chi connectivity index (χ1n) is 4.23. The molecule has 0 heterocycles. The van der Waals surface area contributed by atoms with Gasteiger partial charge in [-0.2, -0.15) is 8.42 Å². The lowest BCUT2D eigenvalue weighted by atomic mass is 10.1.